The van der Waals surface area contributed by atoms with Crippen molar-refractivity contribution in [3.8, 4) is 11.3 Å². The van der Waals surface area contributed by atoms with Gasteiger partial charge >= 0.3 is 0 Å². The maximum Gasteiger partial charge on any atom is 0.284 e. The van der Waals surface area contributed by atoms with Crippen LogP contribution in [-0.2, 0) is 18.3 Å². The van der Waals surface area contributed by atoms with Crippen molar-refractivity contribution < 1.29 is 18.0 Å². The Bertz CT molecular complexity index is 900. The molecule has 1 amide bonds. The third-order valence-corrected chi connectivity index (χ3v) is 3.79. The van der Waals surface area contributed by atoms with Gasteiger partial charge in [0.1, 0.15) is 0 Å². The normalized spacial score (nSPS) is 11.1. The van der Waals surface area contributed by atoms with Crippen LogP contribution in [0.5, 0.6) is 0 Å². The van der Waals surface area contributed by atoms with Crippen LogP contribution in [0.2, 0.25) is 0 Å². The number of rotatable bonds is 6. The van der Waals surface area contributed by atoms with Crippen molar-refractivity contribution in [3.63, 3.8) is 0 Å². The lowest BCUT2D eigenvalue weighted by Crippen LogP contribution is -2.13. The Morgan fingerprint density at radius 1 is 1.31 bits per heavy atom. The number of carbonyl (C=O) groups excluding carboxylic acids is 1. The molecule has 8 heteroatoms. The summed E-state index contributed by atoms with van der Waals surface area (Å²) in [6, 6.07) is 7.81. The Hall–Kier alpha value is -3.03. The highest BCUT2D eigenvalue weighted by molar-refractivity contribution is 5.91. The van der Waals surface area contributed by atoms with E-state index in [2.05, 4.69) is 15.4 Å². The highest BCUT2D eigenvalue weighted by atomic mass is 19.3. The number of alkyl halides is 2. The first-order valence-electron chi connectivity index (χ1n) is 8.05. The van der Waals surface area contributed by atoms with E-state index < -0.39 is 18.0 Å². The topological polar surface area (TPSA) is 73.0 Å². The molecule has 26 heavy (non-hydrogen) atoms. The minimum atomic E-state index is -2.75. The quantitative estimate of drug-likeness (QED) is 0.724. The zero-order valence-corrected chi connectivity index (χ0v) is 14.4. The Kier molecular flexibility index (Phi) is 5.11. The fourth-order valence-electron chi connectivity index (χ4n) is 2.47. The molecule has 2 heterocycles. The minimum Gasteiger partial charge on any atom is -0.441 e. The molecule has 6 nitrogen and oxygen atoms in total. The van der Waals surface area contributed by atoms with E-state index in [0.29, 0.717) is 11.7 Å². The number of oxazole rings is 1. The van der Waals surface area contributed by atoms with E-state index >= 15 is 0 Å². The van der Waals surface area contributed by atoms with Gasteiger partial charge in [-0.1, -0.05) is 29.8 Å². The van der Waals surface area contributed by atoms with Gasteiger partial charge in [0.05, 0.1) is 11.9 Å². The smallest absolute Gasteiger partial charge is 0.284 e. The summed E-state index contributed by atoms with van der Waals surface area (Å²) >= 11 is 0. The van der Waals surface area contributed by atoms with Crippen molar-refractivity contribution in [2.45, 2.75) is 26.2 Å². The lowest BCUT2D eigenvalue weighted by molar-refractivity contribution is -0.116. The average Bonchev–Trinajstić information content (AvgIpc) is 3.20. The average molecular weight is 360 g/mol. The zero-order chi connectivity index (χ0) is 18.7. The second-order valence-electron chi connectivity index (χ2n) is 5.93. The van der Waals surface area contributed by atoms with Crippen LogP contribution in [0.4, 0.5) is 14.5 Å². The summed E-state index contributed by atoms with van der Waals surface area (Å²) in [4.78, 5) is 16.2. The largest absolute Gasteiger partial charge is 0.441 e. The van der Waals surface area contributed by atoms with E-state index in [0.717, 1.165) is 11.1 Å². The number of aromatic nitrogens is 3. The number of halogens is 2. The summed E-state index contributed by atoms with van der Waals surface area (Å²) in [5.74, 6) is 0.624. The molecule has 0 aliphatic carbocycles. The molecule has 3 aromatic rings. The van der Waals surface area contributed by atoms with E-state index in [-0.39, 0.29) is 18.5 Å². The molecule has 2 aromatic heterocycles. The van der Waals surface area contributed by atoms with Gasteiger partial charge in [-0.2, -0.15) is 5.10 Å². The summed E-state index contributed by atoms with van der Waals surface area (Å²) < 4.78 is 32.6. The number of nitrogens with zero attached hydrogens (tertiary/aromatic N) is 3. The SMILES string of the molecule is Cc1ccc(-c2cnc(CCC(=O)Nc3cn(C)nc3C(F)F)o2)cc1. The van der Waals surface area contributed by atoms with E-state index in [1.54, 1.807) is 6.20 Å². The number of aryl methyl sites for hydroxylation is 3. The first-order valence-corrected chi connectivity index (χ1v) is 8.05. The molecule has 0 spiro atoms. The van der Waals surface area contributed by atoms with Crippen LogP contribution in [0.15, 0.2) is 41.1 Å². The molecule has 0 fully saturated rings. The summed E-state index contributed by atoms with van der Waals surface area (Å²) in [6.07, 6.45) is 0.525. The summed E-state index contributed by atoms with van der Waals surface area (Å²) in [5, 5.41) is 6.10. The molecule has 0 unspecified atom stereocenters. The molecule has 136 valence electrons. The number of benzene rings is 1. The third kappa shape index (κ3) is 4.14. The van der Waals surface area contributed by atoms with Crippen LogP contribution in [0.25, 0.3) is 11.3 Å². The molecule has 0 atom stereocenters. The molecule has 0 aliphatic heterocycles. The van der Waals surface area contributed by atoms with Crippen molar-refractivity contribution in [2.75, 3.05) is 5.32 Å². The molecule has 0 saturated carbocycles. The second-order valence-corrected chi connectivity index (χ2v) is 5.93. The first kappa shape index (κ1) is 17.8. The highest BCUT2D eigenvalue weighted by Gasteiger charge is 2.19. The van der Waals surface area contributed by atoms with Crippen molar-refractivity contribution in [3.05, 3.63) is 53.8 Å². The fourth-order valence-corrected chi connectivity index (χ4v) is 2.47. The van der Waals surface area contributed by atoms with Crippen LogP contribution in [0, 0.1) is 6.92 Å². The molecule has 1 N–H and O–H groups in total. The number of nitrogens with one attached hydrogen (secondary N) is 1. The van der Waals surface area contributed by atoms with E-state index in [1.165, 1.54) is 17.9 Å². The number of hydrogen-bond acceptors (Lipinski definition) is 4. The van der Waals surface area contributed by atoms with Crippen LogP contribution >= 0.6 is 0 Å². The Labute approximate surface area is 148 Å². The zero-order valence-electron chi connectivity index (χ0n) is 14.4. The maximum atomic E-state index is 12.9. The minimum absolute atomic E-state index is 0.0141. The summed E-state index contributed by atoms with van der Waals surface area (Å²) in [6.45, 7) is 2.00. The lowest BCUT2D eigenvalue weighted by atomic mass is 10.1. The van der Waals surface area contributed by atoms with E-state index in [4.69, 9.17) is 4.42 Å². The predicted octanol–water partition coefficient (Wildman–Crippen LogP) is 3.89. The molecule has 0 radical (unpaired) electrons. The molecule has 1 aromatic carbocycles. The highest BCUT2D eigenvalue weighted by Crippen LogP contribution is 2.25. The van der Waals surface area contributed by atoms with Gasteiger partial charge in [-0.05, 0) is 6.92 Å². The summed E-state index contributed by atoms with van der Waals surface area (Å²) in [5.41, 5.74) is 1.61. The van der Waals surface area contributed by atoms with Gasteiger partial charge in [0.15, 0.2) is 17.3 Å². The van der Waals surface area contributed by atoms with Crippen LogP contribution < -0.4 is 5.32 Å². The maximum absolute atomic E-state index is 12.9. The van der Waals surface area contributed by atoms with Gasteiger partial charge in [0, 0.05) is 31.6 Å². The number of anilines is 1. The molecular weight excluding hydrogens is 342 g/mol. The van der Waals surface area contributed by atoms with Gasteiger partial charge < -0.3 is 9.73 Å². The Morgan fingerprint density at radius 2 is 2.04 bits per heavy atom. The van der Waals surface area contributed by atoms with Crippen LogP contribution in [0.3, 0.4) is 0 Å². The monoisotopic (exact) mass is 360 g/mol. The molecule has 0 aliphatic rings. The number of hydrogen-bond donors (Lipinski definition) is 1. The standard InChI is InChI=1S/C18H18F2N4O2/c1-11-3-5-12(6-4-11)14-9-21-16(26-14)8-7-15(25)22-13-10-24(2)23-17(13)18(19)20/h3-6,9-10,18H,7-8H2,1-2H3,(H,22,25). The molecule has 3 rings (SSSR count). The van der Waals surface area contributed by atoms with Crippen molar-refractivity contribution in [2.24, 2.45) is 7.05 Å². The van der Waals surface area contributed by atoms with Crippen LogP contribution in [0.1, 0.15) is 30.0 Å². The molecular formula is C18H18F2N4O2. The van der Waals surface area contributed by atoms with Gasteiger partial charge in [-0.25, -0.2) is 13.8 Å². The lowest BCUT2D eigenvalue weighted by Gasteiger charge is -2.03. The third-order valence-electron chi connectivity index (χ3n) is 3.79. The summed E-state index contributed by atoms with van der Waals surface area (Å²) in [7, 11) is 1.51. The second kappa shape index (κ2) is 7.47. The van der Waals surface area contributed by atoms with Crippen molar-refractivity contribution in [1.82, 2.24) is 14.8 Å². The fraction of sp³-hybridized carbons (Fsp3) is 0.278. The van der Waals surface area contributed by atoms with E-state index in [9.17, 15) is 13.6 Å². The van der Waals surface area contributed by atoms with Crippen molar-refractivity contribution in [1.29, 1.82) is 0 Å². The Balaban J connectivity index is 1.59. The van der Waals surface area contributed by atoms with Crippen LogP contribution in [-0.4, -0.2) is 20.7 Å². The predicted molar refractivity (Wildman–Crippen MR) is 91.8 cm³/mol. The molecule has 0 bridgehead atoms. The number of amides is 1. The first-order chi connectivity index (χ1) is 12.4. The van der Waals surface area contributed by atoms with Gasteiger partial charge in [0.25, 0.3) is 6.43 Å². The Morgan fingerprint density at radius 3 is 2.73 bits per heavy atom. The number of carbonyl (C=O) groups is 1. The van der Waals surface area contributed by atoms with E-state index in [1.807, 2.05) is 31.2 Å². The van der Waals surface area contributed by atoms with Crippen molar-refractivity contribution >= 4 is 11.6 Å². The van der Waals surface area contributed by atoms with Gasteiger partial charge in [0.2, 0.25) is 5.91 Å². The molecule has 0 saturated heterocycles. The van der Waals surface area contributed by atoms with Gasteiger partial charge in [-0.3, -0.25) is 9.48 Å². The van der Waals surface area contributed by atoms with Gasteiger partial charge in [-0.15, -0.1) is 0 Å².